The van der Waals surface area contributed by atoms with Gasteiger partial charge >= 0.3 is 12.1 Å². The van der Waals surface area contributed by atoms with Gasteiger partial charge < -0.3 is 24.8 Å². The summed E-state index contributed by atoms with van der Waals surface area (Å²) in [5.41, 5.74) is 0.929. The molecule has 3 aliphatic rings. The minimum absolute atomic E-state index is 0.134. The second-order valence-electron chi connectivity index (χ2n) is 9.60. The molecule has 2 N–H and O–H groups in total. The van der Waals surface area contributed by atoms with E-state index >= 15 is 0 Å². The molecular formula is C26H37ClN2O6S. The van der Waals surface area contributed by atoms with Gasteiger partial charge in [-0.2, -0.15) is 0 Å². The Labute approximate surface area is 222 Å². The van der Waals surface area contributed by atoms with Gasteiger partial charge in [-0.3, -0.25) is 4.79 Å². The van der Waals surface area contributed by atoms with E-state index in [-0.39, 0.29) is 17.8 Å². The molecule has 3 aliphatic heterocycles. The Kier molecular flexibility index (Phi) is 11.2. The van der Waals surface area contributed by atoms with Gasteiger partial charge in [0, 0.05) is 30.7 Å². The lowest BCUT2D eigenvalue weighted by Crippen LogP contribution is -2.61. The molecule has 10 heteroatoms. The highest BCUT2D eigenvalue weighted by atomic mass is 35.5. The van der Waals surface area contributed by atoms with Gasteiger partial charge in [-0.1, -0.05) is 48.6 Å². The second kappa shape index (κ2) is 14.1. The highest BCUT2D eigenvalue weighted by Gasteiger charge is 2.54. The van der Waals surface area contributed by atoms with Crippen LogP contribution in [0.3, 0.4) is 0 Å². The maximum atomic E-state index is 12.7. The fourth-order valence-electron chi connectivity index (χ4n) is 4.53. The van der Waals surface area contributed by atoms with Crippen LogP contribution < -0.4 is 10.6 Å². The van der Waals surface area contributed by atoms with Crippen LogP contribution in [0.15, 0.2) is 36.0 Å². The van der Waals surface area contributed by atoms with Gasteiger partial charge in [-0.25, -0.2) is 9.59 Å². The Hall–Kier alpha value is -1.97. The van der Waals surface area contributed by atoms with Gasteiger partial charge in [-0.05, 0) is 44.9 Å². The summed E-state index contributed by atoms with van der Waals surface area (Å²) >= 11 is 6.84. The van der Waals surface area contributed by atoms with E-state index < -0.39 is 30.0 Å². The zero-order valence-corrected chi connectivity index (χ0v) is 22.6. The highest BCUT2D eigenvalue weighted by Crippen LogP contribution is 2.39. The van der Waals surface area contributed by atoms with Crippen LogP contribution >= 0.6 is 23.4 Å². The van der Waals surface area contributed by atoms with Crippen molar-refractivity contribution in [1.29, 1.82) is 0 Å². The molecule has 36 heavy (non-hydrogen) atoms. The average Bonchev–Trinajstić information content (AvgIpc) is 3.26. The molecule has 0 aromatic rings. The van der Waals surface area contributed by atoms with E-state index in [9.17, 15) is 14.4 Å². The van der Waals surface area contributed by atoms with Gasteiger partial charge in [0.25, 0.3) is 5.24 Å². The lowest BCUT2D eigenvalue weighted by molar-refractivity contribution is -0.281. The van der Waals surface area contributed by atoms with Gasteiger partial charge in [0.2, 0.25) is 5.79 Å². The number of alkyl carbamates (subject to hydrolysis) is 1. The van der Waals surface area contributed by atoms with Gasteiger partial charge in [-0.15, -0.1) is 11.6 Å². The number of hydrogen-bond donors (Lipinski definition) is 2. The third-order valence-electron chi connectivity index (χ3n) is 6.44. The van der Waals surface area contributed by atoms with Crippen LogP contribution in [0.1, 0.15) is 58.8 Å². The molecule has 3 rings (SSSR count). The van der Waals surface area contributed by atoms with Gasteiger partial charge in [0.1, 0.15) is 12.1 Å². The zero-order chi connectivity index (χ0) is 26.0. The molecule has 2 fully saturated rings. The first-order valence-corrected chi connectivity index (χ1v) is 14.2. The second-order valence-corrected chi connectivity index (χ2v) is 11.0. The number of alkyl halides is 1. The summed E-state index contributed by atoms with van der Waals surface area (Å²) < 4.78 is 18.3. The lowest BCUT2D eigenvalue weighted by Gasteiger charge is -2.46. The normalized spacial score (nSPS) is 31.8. The summed E-state index contributed by atoms with van der Waals surface area (Å²) in [4.78, 5) is 37.5. The molecule has 0 spiro atoms. The van der Waals surface area contributed by atoms with Crippen LogP contribution in [0.4, 0.5) is 9.59 Å². The predicted octanol–water partition coefficient (Wildman–Crippen LogP) is 5.22. The number of amides is 2. The fraction of sp³-hybridized carbons (Fsp3) is 0.654. The number of carbonyl (C=O) groups excluding carboxylic acids is 3. The van der Waals surface area contributed by atoms with Crippen molar-refractivity contribution in [3.63, 3.8) is 0 Å². The van der Waals surface area contributed by atoms with Crippen LogP contribution in [0.5, 0.6) is 0 Å². The number of hydrogen-bond acceptors (Lipinski definition) is 7. The molecule has 0 radical (unpaired) electrons. The van der Waals surface area contributed by atoms with E-state index in [4.69, 9.17) is 25.8 Å². The summed E-state index contributed by atoms with van der Waals surface area (Å²) in [6, 6.07) is -0.567. The number of ether oxygens (including phenoxy) is 3. The zero-order valence-electron chi connectivity index (χ0n) is 21.0. The molecule has 2 bridgehead atoms. The number of esters is 1. The number of carbonyl (C=O) groups is 3. The lowest BCUT2D eigenvalue weighted by atomic mass is 9.90. The standard InChI is InChI=1S/C26H37ClN2O6S/c1-18-8-5-3-4-6-9-19(2)14-23(30)33-21-15-20(11-10-18)34-26(16-21,22-17-36-25(32)29-22)35-24(31)28-13-7-12-27/h3-5,8,14,18,20-22H,6-7,9-13,15-17H2,1-2H3,(H,28,31)(H,29,32)/t18-,20-,21-,22+,26+/m1/s1. The third kappa shape index (κ3) is 8.85. The number of allylic oxidation sites excluding steroid dienone is 5. The van der Waals surface area contributed by atoms with Gasteiger partial charge in [0.15, 0.2) is 0 Å². The van der Waals surface area contributed by atoms with Crippen LogP contribution in [0.2, 0.25) is 0 Å². The molecule has 0 aliphatic carbocycles. The monoisotopic (exact) mass is 540 g/mol. The molecule has 200 valence electrons. The first-order chi connectivity index (χ1) is 17.3. The maximum Gasteiger partial charge on any atom is 0.409 e. The highest BCUT2D eigenvalue weighted by molar-refractivity contribution is 8.14. The Morgan fingerprint density at radius 1 is 1.31 bits per heavy atom. The topological polar surface area (TPSA) is 103 Å². The molecule has 0 aromatic carbocycles. The van der Waals surface area contributed by atoms with Crippen molar-refractivity contribution in [2.45, 2.75) is 82.8 Å². The maximum absolute atomic E-state index is 12.7. The fourth-order valence-corrected chi connectivity index (χ4v) is 5.54. The predicted molar refractivity (Wildman–Crippen MR) is 141 cm³/mol. The largest absolute Gasteiger partial charge is 0.459 e. The van der Waals surface area contributed by atoms with Gasteiger partial charge in [0.05, 0.1) is 12.5 Å². The molecule has 0 aromatic heterocycles. The SMILES string of the molecule is CC1=CC(=O)O[C@@H]2C[C@@H](CC[C@H](C)C=CC=CCC1)O[C@@](OC(=O)NCCCCl)([C@@H]1CSC(=O)N1)C2. The molecule has 5 atom stereocenters. The van der Waals surface area contributed by atoms with Crippen molar-refractivity contribution >= 4 is 40.7 Å². The van der Waals surface area contributed by atoms with Crippen molar-refractivity contribution in [2.75, 3.05) is 18.2 Å². The molecule has 2 amide bonds. The first kappa shape index (κ1) is 28.6. The van der Waals surface area contributed by atoms with Crippen LogP contribution in [-0.4, -0.2) is 59.5 Å². The minimum Gasteiger partial charge on any atom is -0.459 e. The van der Waals surface area contributed by atoms with E-state index in [1.54, 1.807) is 0 Å². The molecule has 0 saturated carbocycles. The third-order valence-corrected chi connectivity index (χ3v) is 7.58. The summed E-state index contributed by atoms with van der Waals surface area (Å²) in [6.45, 7) is 4.41. The quantitative estimate of drug-likeness (QED) is 0.280. The van der Waals surface area contributed by atoms with E-state index in [2.05, 4.69) is 35.8 Å². The van der Waals surface area contributed by atoms with Crippen LogP contribution in [0, 0.1) is 5.92 Å². The van der Waals surface area contributed by atoms with E-state index in [1.165, 1.54) is 6.08 Å². The first-order valence-electron chi connectivity index (χ1n) is 12.6. The molecule has 8 nitrogen and oxygen atoms in total. The summed E-state index contributed by atoms with van der Waals surface area (Å²) in [6.07, 6.45) is 12.7. The Morgan fingerprint density at radius 3 is 2.89 bits per heavy atom. The number of halogens is 1. The van der Waals surface area contributed by atoms with Crippen molar-refractivity contribution in [3.05, 3.63) is 36.0 Å². The van der Waals surface area contributed by atoms with E-state index in [0.29, 0.717) is 43.4 Å². The summed E-state index contributed by atoms with van der Waals surface area (Å²) in [5.74, 6) is -0.776. The van der Waals surface area contributed by atoms with Crippen molar-refractivity contribution < 1.29 is 28.6 Å². The summed E-state index contributed by atoms with van der Waals surface area (Å²) in [5, 5.41) is 5.37. The Balaban J connectivity index is 1.87. The number of fused-ring (bicyclic) bond motifs is 2. The molecule has 0 unspecified atom stereocenters. The van der Waals surface area contributed by atoms with Crippen molar-refractivity contribution in [2.24, 2.45) is 5.92 Å². The molecular weight excluding hydrogens is 504 g/mol. The summed E-state index contributed by atoms with van der Waals surface area (Å²) in [7, 11) is 0. The number of rotatable bonds is 5. The number of thioether (sulfide) groups is 1. The molecule has 3 heterocycles. The average molecular weight is 541 g/mol. The minimum atomic E-state index is -1.45. The van der Waals surface area contributed by atoms with E-state index in [0.717, 1.165) is 36.6 Å². The smallest absolute Gasteiger partial charge is 0.409 e. The Bertz CT molecular complexity index is 878. The van der Waals surface area contributed by atoms with Crippen LogP contribution in [0.25, 0.3) is 0 Å². The molecule has 2 saturated heterocycles. The van der Waals surface area contributed by atoms with Crippen molar-refractivity contribution in [1.82, 2.24) is 10.6 Å². The van der Waals surface area contributed by atoms with E-state index in [1.807, 2.05) is 13.0 Å². The Morgan fingerprint density at radius 2 is 2.14 bits per heavy atom. The van der Waals surface area contributed by atoms with Crippen LogP contribution in [-0.2, 0) is 19.0 Å². The van der Waals surface area contributed by atoms with Crippen molar-refractivity contribution in [3.8, 4) is 0 Å². The number of nitrogens with one attached hydrogen (secondary N) is 2.